The first-order chi connectivity index (χ1) is 17.4. The van der Waals surface area contributed by atoms with Crippen LogP contribution >= 0.6 is 0 Å². The lowest BCUT2D eigenvalue weighted by atomic mass is 9.70. The molecule has 2 aliphatic heterocycles. The van der Waals surface area contributed by atoms with Gasteiger partial charge in [0, 0.05) is 17.1 Å². The second-order valence-corrected chi connectivity index (χ2v) is 9.79. The van der Waals surface area contributed by atoms with Gasteiger partial charge >= 0.3 is 0 Å². The third-order valence-corrected chi connectivity index (χ3v) is 7.65. The number of carbonyl (C=O) groups is 4. The Morgan fingerprint density at radius 3 is 1.64 bits per heavy atom. The summed E-state index contributed by atoms with van der Waals surface area (Å²) >= 11 is 0. The molecular weight excluding hydrogens is 454 g/mol. The summed E-state index contributed by atoms with van der Waals surface area (Å²) in [6.07, 6.45) is 0.475. The van der Waals surface area contributed by atoms with Gasteiger partial charge in [-0.15, -0.1) is 0 Å². The first-order valence-electron chi connectivity index (χ1n) is 12.2. The molecule has 3 aromatic rings. The second-order valence-electron chi connectivity index (χ2n) is 9.79. The average Bonchev–Trinajstić information content (AvgIpc) is 3.31. The van der Waals surface area contributed by atoms with Gasteiger partial charge in [-0.2, -0.15) is 0 Å². The van der Waals surface area contributed by atoms with Crippen LogP contribution in [0.2, 0.25) is 0 Å². The standard InChI is InChI=1S/C29H25N3O4/c1-17-7-9-19(10-8-17)31(18-5-3-2-4-6-18)20-11-13-21(14-12-20)32-28(35)24-15-22-23(16-25(24)29(32)36)27(34)30-26(22)33/h2-14,22-25H,15-16H2,1H3,(H,30,33,34). The van der Waals surface area contributed by atoms with Crippen molar-refractivity contribution in [2.75, 3.05) is 9.80 Å². The van der Waals surface area contributed by atoms with Gasteiger partial charge in [-0.3, -0.25) is 29.4 Å². The number of para-hydroxylation sites is 1. The highest BCUT2D eigenvalue weighted by molar-refractivity contribution is 6.22. The molecule has 3 fully saturated rings. The molecule has 1 N–H and O–H groups in total. The van der Waals surface area contributed by atoms with Crippen LogP contribution in [0.4, 0.5) is 22.7 Å². The van der Waals surface area contributed by atoms with E-state index in [9.17, 15) is 19.2 Å². The van der Waals surface area contributed by atoms with Crippen LogP contribution in [-0.2, 0) is 19.2 Å². The van der Waals surface area contributed by atoms with Crippen molar-refractivity contribution in [1.82, 2.24) is 5.32 Å². The van der Waals surface area contributed by atoms with E-state index >= 15 is 0 Å². The van der Waals surface area contributed by atoms with E-state index in [1.165, 1.54) is 4.90 Å². The number of rotatable bonds is 4. The molecule has 7 heteroatoms. The van der Waals surface area contributed by atoms with Crippen LogP contribution in [0.1, 0.15) is 18.4 Å². The van der Waals surface area contributed by atoms with Crippen LogP contribution in [-0.4, -0.2) is 23.6 Å². The quantitative estimate of drug-likeness (QED) is 0.566. The number of hydrogen-bond acceptors (Lipinski definition) is 5. The van der Waals surface area contributed by atoms with E-state index in [4.69, 9.17) is 0 Å². The van der Waals surface area contributed by atoms with E-state index in [2.05, 4.69) is 34.5 Å². The van der Waals surface area contributed by atoms with Gasteiger partial charge < -0.3 is 4.90 Å². The van der Waals surface area contributed by atoms with E-state index < -0.39 is 23.7 Å². The molecule has 4 atom stereocenters. The molecule has 0 bridgehead atoms. The van der Waals surface area contributed by atoms with E-state index in [-0.39, 0.29) is 36.5 Å². The zero-order chi connectivity index (χ0) is 25.0. The molecule has 36 heavy (non-hydrogen) atoms. The fourth-order valence-electron chi connectivity index (χ4n) is 5.80. The van der Waals surface area contributed by atoms with Crippen molar-refractivity contribution in [2.24, 2.45) is 23.7 Å². The molecule has 2 heterocycles. The summed E-state index contributed by atoms with van der Waals surface area (Å²) in [4.78, 5) is 54.3. The molecule has 7 nitrogen and oxygen atoms in total. The molecule has 2 saturated heterocycles. The van der Waals surface area contributed by atoms with Crippen molar-refractivity contribution in [2.45, 2.75) is 19.8 Å². The van der Waals surface area contributed by atoms with Crippen molar-refractivity contribution < 1.29 is 19.2 Å². The SMILES string of the molecule is Cc1ccc(N(c2ccccc2)c2ccc(N3C(=O)C4CC5C(=O)NC(=O)C5CC4C3=O)cc2)cc1. The normalized spacial score (nSPS) is 25.0. The molecule has 180 valence electrons. The minimum Gasteiger partial charge on any atom is -0.311 e. The van der Waals surface area contributed by atoms with Crippen LogP contribution in [0.25, 0.3) is 0 Å². The molecule has 3 aromatic carbocycles. The summed E-state index contributed by atoms with van der Waals surface area (Å²) in [5, 5.41) is 2.35. The van der Waals surface area contributed by atoms with Gasteiger partial charge in [-0.25, -0.2) is 0 Å². The Hall–Kier alpha value is -4.26. The van der Waals surface area contributed by atoms with Crippen molar-refractivity contribution in [3.8, 4) is 0 Å². The fourth-order valence-corrected chi connectivity index (χ4v) is 5.80. The minimum atomic E-state index is -0.566. The van der Waals surface area contributed by atoms with Crippen LogP contribution in [0, 0.1) is 30.6 Å². The largest absolute Gasteiger partial charge is 0.311 e. The van der Waals surface area contributed by atoms with Crippen molar-refractivity contribution in [3.05, 3.63) is 84.4 Å². The minimum absolute atomic E-state index is 0.237. The lowest BCUT2D eigenvalue weighted by molar-refractivity contribution is -0.129. The first kappa shape index (κ1) is 22.2. The summed E-state index contributed by atoms with van der Waals surface area (Å²) in [6, 6.07) is 25.6. The van der Waals surface area contributed by atoms with Crippen molar-refractivity contribution >= 4 is 46.4 Å². The number of amides is 4. The second kappa shape index (κ2) is 8.45. The first-order valence-corrected chi connectivity index (χ1v) is 12.2. The maximum absolute atomic E-state index is 13.3. The van der Waals surface area contributed by atoms with Gasteiger partial charge in [0.1, 0.15) is 0 Å². The van der Waals surface area contributed by atoms with Gasteiger partial charge in [-0.1, -0.05) is 35.9 Å². The number of nitrogens with zero attached hydrogens (tertiary/aromatic N) is 2. The number of imide groups is 2. The van der Waals surface area contributed by atoms with Gasteiger partial charge in [-0.05, 0) is 68.3 Å². The van der Waals surface area contributed by atoms with Crippen LogP contribution in [0.3, 0.4) is 0 Å². The third-order valence-electron chi connectivity index (χ3n) is 7.65. The molecule has 4 unspecified atom stereocenters. The van der Waals surface area contributed by atoms with Crippen LogP contribution < -0.4 is 15.1 Å². The van der Waals surface area contributed by atoms with Crippen molar-refractivity contribution in [1.29, 1.82) is 0 Å². The molecule has 0 aromatic heterocycles. The summed E-state index contributed by atoms with van der Waals surface area (Å²) in [5.41, 5.74) is 4.54. The molecule has 0 spiro atoms. The molecular formula is C29H25N3O4. The monoisotopic (exact) mass is 479 g/mol. The average molecular weight is 480 g/mol. The summed E-state index contributed by atoms with van der Waals surface area (Å²) in [6.45, 7) is 2.04. The third kappa shape index (κ3) is 3.50. The molecule has 6 rings (SSSR count). The van der Waals surface area contributed by atoms with E-state index in [0.717, 1.165) is 22.6 Å². The Labute approximate surface area is 208 Å². The maximum Gasteiger partial charge on any atom is 0.237 e. The predicted molar refractivity (Wildman–Crippen MR) is 135 cm³/mol. The van der Waals surface area contributed by atoms with E-state index in [1.807, 2.05) is 49.4 Å². The van der Waals surface area contributed by atoms with E-state index in [1.54, 1.807) is 12.1 Å². The van der Waals surface area contributed by atoms with Gasteiger partial charge in [0.05, 0.1) is 29.4 Å². The van der Waals surface area contributed by atoms with Gasteiger partial charge in [0.25, 0.3) is 0 Å². The molecule has 3 aliphatic rings. The summed E-state index contributed by atoms with van der Waals surface area (Å²) in [7, 11) is 0. The zero-order valence-corrected chi connectivity index (χ0v) is 19.8. The maximum atomic E-state index is 13.3. The molecule has 1 aliphatic carbocycles. The number of carbonyl (C=O) groups excluding carboxylic acids is 4. The number of nitrogens with one attached hydrogen (secondary N) is 1. The van der Waals surface area contributed by atoms with E-state index in [0.29, 0.717) is 5.69 Å². The molecule has 4 amide bonds. The zero-order valence-electron chi connectivity index (χ0n) is 19.8. The molecule has 0 radical (unpaired) electrons. The lowest BCUT2D eigenvalue weighted by Crippen LogP contribution is -2.35. The van der Waals surface area contributed by atoms with Crippen LogP contribution in [0.15, 0.2) is 78.9 Å². The van der Waals surface area contributed by atoms with Crippen LogP contribution in [0.5, 0.6) is 0 Å². The number of hydrogen-bond donors (Lipinski definition) is 1. The summed E-state index contributed by atoms with van der Waals surface area (Å²) in [5.74, 6) is -3.42. The number of aryl methyl sites for hydroxylation is 1. The highest BCUT2D eigenvalue weighted by Crippen LogP contribution is 2.47. The predicted octanol–water partition coefficient (Wildman–Crippen LogP) is 4.25. The van der Waals surface area contributed by atoms with Gasteiger partial charge in [0.15, 0.2) is 0 Å². The number of benzene rings is 3. The fraction of sp³-hybridized carbons (Fsp3) is 0.241. The van der Waals surface area contributed by atoms with Crippen molar-refractivity contribution in [3.63, 3.8) is 0 Å². The Morgan fingerprint density at radius 2 is 1.11 bits per heavy atom. The van der Waals surface area contributed by atoms with Gasteiger partial charge in [0.2, 0.25) is 23.6 Å². The summed E-state index contributed by atoms with van der Waals surface area (Å²) < 4.78 is 0. The highest BCUT2D eigenvalue weighted by atomic mass is 16.2. The Balaban J connectivity index is 1.31. The number of anilines is 4. The lowest BCUT2D eigenvalue weighted by Gasteiger charge is -2.28. The highest BCUT2D eigenvalue weighted by Gasteiger charge is 2.57. The Kier molecular flexibility index (Phi) is 5.21. The smallest absolute Gasteiger partial charge is 0.237 e. The Morgan fingerprint density at radius 1 is 0.639 bits per heavy atom. The number of fused-ring (bicyclic) bond motifs is 2. The Bertz CT molecular complexity index is 1330. The molecule has 1 saturated carbocycles. The topological polar surface area (TPSA) is 86.8 Å².